The number of hydrogen-bond acceptors (Lipinski definition) is 4. The lowest BCUT2D eigenvalue weighted by atomic mass is 10.1. The second-order valence-electron chi connectivity index (χ2n) is 4.01. The first kappa shape index (κ1) is 12.5. The standard InChI is InChI=1S/C14H18N2O2/c1-4-6-15-11-5-7-16-12-9-14(18-3)13(17-2)8-10(11)12/h5,7-9H,4,6H2,1-3H3,(H,15,16). The van der Waals surface area contributed by atoms with Crippen LogP contribution in [-0.4, -0.2) is 25.7 Å². The maximum absolute atomic E-state index is 5.32. The van der Waals surface area contributed by atoms with Gasteiger partial charge in [-0.1, -0.05) is 6.92 Å². The third-order valence-electron chi connectivity index (χ3n) is 2.81. The molecule has 0 unspecified atom stereocenters. The Morgan fingerprint density at radius 2 is 1.89 bits per heavy atom. The molecule has 1 heterocycles. The van der Waals surface area contributed by atoms with Gasteiger partial charge in [0.05, 0.1) is 19.7 Å². The Labute approximate surface area is 107 Å². The number of benzene rings is 1. The van der Waals surface area contributed by atoms with Crippen LogP contribution in [-0.2, 0) is 0 Å². The maximum Gasteiger partial charge on any atom is 0.162 e. The van der Waals surface area contributed by atoms with Crippen molar-refractivity contribution in [2.24, 2.45) is 0 Å². The molecule has 0 atom stereocenters. The van der Waals surface area contributed by atoms with Crippen LogP contribution in [0, 0.1) is 0 Å². The summed E-state index contributed by atoms with van der Waals surface area (Å²) < 4.78 is 10.6. The van der Waals surface area contributed by atoms with E-state index in [-0.39, 0.29) is 0 Å². The molecule has 4 nitrogen and oxygen atoms in total. The highest BCUT2D eigenvalue weighted by molar-refractivity contribution is 5.93. The van der Waals surface area contributed by atoms with Crippen molar-refractivity contribution < 1.29 is 9.47 Å². The van der Waals surface area contributed by atoms with Gasteiger partial charge in [-0.2, -0.15) is 0 Å². The lowest BCUT2D eigenvalue weighted by molar-refractivity contribution is 0.356. The highest BCUT2D eigenvalue weighted by Gasteiger charge is 2.09. The number of ether oxygens (including phenoxy) is 2. The first-order chi connectivity index (χ1) is 8.80. The summed E-state index contributed by atoms with van der Waals surface area (Å²) >= 11 is 0. The van der Waals surface area contributed by atoms with Gasteiger partial charge < -0.3 is 14.8 Å². The van der Waals surface area contributed by atoms with Crippen molar-refractivity contribution in [1.82, 2.24) is 4.98 Å². The Morgan fingerprint density at radius 3 is 2.56 bits per heavy atom. The minimum absolute atomic E-state index is 0.699. The number of fused-ring (bicyclic) bond motifs is 1. The van der Waals surface area contributed by atoms with Crippen LogP contribution in [0.2, 0.25) is 0 Å². The zero-order chi connectivity index (χ0) is 13.0. The van der Waals surface area contributed by atoms with E-state index in [0.29, 0.717) is 5.75 Å². The summed E-state index contributed by atoms with van der Waals surface area (Å²) in [5.41, 5.74) is 1.97. The molecule has 0 radical (unpaired) electrons. The van der Waals surface area contributed by atoms with Crippen LogP contribution in [0.25, 0.3) is 10.9 Å². The highest BCUT2D eigenvalue weighted by Crippen LogP contribution is 2.34. The molecule has 1 aromatic carbocycles. The molecule has 96 valence electrons. The molecule has 0 saturated heterocycles. The molecule has 2 aromatic rings. The number of hydrogen-bond donors (Lipinski definition) is 1. The summed E-state index contributed by atoms with van der Waals surface area (Å²) in [6.07, 6.45) is 2.88. The van der Waals surface area contributed by atoms with E-state index in [1.165, 1.54) is 0 Å². The van der Waals surface area contributed by atoms with Crippen LogP contribution < -0.4 is 14.8 Å². The monoisotopic (exact) mass is 246 g/mol. The van der Waals surface area contributed by atoms with Crippen molar-refractivity contribution in [2.75, 3.05) is 26.1 Å². The molecule has 1 aromatic heterocycles. The summed E-state index contributed by atoms with van der Waals surface area (Å²) in [6, 6.07) is 5.83. The summed E-state index contributed by atoms with van der Waals surface area (Å²) in [5, 5.41) is 4.43. The molecular weight excluding hydrogens is 228 g/mol. The maximum atomic E-state index is 5.32. The summed E-state index contributed by atoms with van der Waals surface area (Å²) in [7, 11) is 3.27. The molecule has 0 aliphatic rings. The van der Waals surface area contributed by atoms with E-state index in [1.807, 2.05) is 18.2 Å². The molecule has 18 heavy (non-hydrogen) atoms. The predicted octanol–water partition coefficient (Wildman–Crippen LogP) is 3.07. The number of methoxy groups -OCH3 is 2. The van der Waals surface area contributed by atoms with Crippen LogP contribution in [0.3, 0.4) is 0 Å². The Kier molecular flexibility index (Phi) is 3.87. The molecule has 0 aliphatic carbocycles. The summed E-state index contributed by atoms with van der Waals surface area (Å²) in [6.45, 7) is 3.08. The normalized spacial score (nSPS) is 10.4. The minimum atomic E-state index is 0.699. The van der Waals surface area contributed by atoms with Crippen LogP contribution in [0.1, 0.15) is 13.3 Å². The largest absolute Gasteiger partial charge is 0.493 e. The number of aromatic nitrogens is 1. The van der Waals surface area contributed by atoms with Crippen molar-refractivity contribution in [3.63, 3.8) is 0 Å². The van der Waals surface area contributed by atoms with Crippen molar-refractivity contribution in [3.8, 4) is 11.5 Å². The first-order valence-electron chi connectivity index (χ1n) is 6.04. The van der Waals surface area contributed by atoms with Crippen LogP contribution >= 0.6 is 0 Å². The van der Waals surface area contributed by atoms with Gasteiger partial charge in [-0.15, -0.1) is 0 Å². The first-order valence-corrected chi connectivity index (χ1v) is 6.04. The third-order valence-corrected chi connectivity index (χ3v) is 2.81. The zero-order valence-electron chi connectivity index (χ0n) is 11.0. The second-order valence-corrected chi connectivity index (χ2v) is 4.01. The van der Waals surface area contributed by atoms with Crippen molar-refractivity contribution >= 4 is 16.6 Å². The number of rotatable bonds is 5. The molecule has 0 aliphatic heterocycles. The Hall–Kier alpha value is -1.97. The fourth-order valence-electron chi connectivity index (χ4n) is 1.89. The molecule has 0 spiro atoms. The lowest BCUT2D eigenvalue weighted by Gasteiger charge is -2.12. The predicted molar refractivity (Wildman–Crippen MR) is 73.6 cm³/mol. The van der Waals surface area contributed by atoms with Crippen molar-refractivity contribution in [2.45, 2.75) is 13.3 Å². The second kappa shape index (κ2) is 5.58. The highest BCUT2D eigenvalue weighted by atomic mass is 16.5. The van der Waals surface area contributed by atoms with Crippen molar-refractivity contribution in [1.29, 1.82) is 0 Å². The average molecular weight is 246 g/mol. The number of nitrogens with zero attached hydrogens (tertiary/aromatic N) is 1. The third kappa shape index (κ3) is 2.32. The van der Waals surface area contributed by atoms with E-state index >= 15 is 0 Å². The number of nitrogens with one attached hydrogen (secondary N) is 1. The van der Waals surface area contributed by atoms with Gasteiger partial charge in [0.2, 0.25) is 0 Å². The van der Waals surface area contributed by atoms with E-state index in [9.17, 15) is 0 Å². The van der Waals surface area contributed by atoms with Gasteiger partial charge in [0, 0.05) is 29.9 Å². The van der Waals surface area contributed by atoms with Crippen molar-refractivity contribution in [3.05, 3.63) is 24.4 Å². The molecule has 0 amide bonds. The van der Waals surface area contributed by atoms with Gasteiger partial charge in [-0.05, 0) is 18.6 Å². The quantitative estimate of drug-likeness (QED) is 0.880. The van der Waals surface area contributed by atoms with E-state index in [0.717, 1.165) is 35.3 Å². The van der Waals surface area contributed by atoms with E-state index in [2.05, 4.69) is 17.2 Å². The van der Waals surface area contributed by atoms with E-state index < -0.39 is 0 Å². The SMILES string of the molecule is CCCNc1ccnc2cc(OC)c(OC)cc12. The van der Waals surface area contributed by atoms with Gasteiger partial charge in [-0.3, -0.25) is 4.98 Å². The molecule has 2 rings (SSSR count). The summed E-state index contributed by atoms with van der Waals surface area (Å²) in [5.74, 6) is 1.42. The smallest absolute Gasteiger partial charge is 0.162 e. The minimum Gasteiger partial charge on any atom is -0.493 e. The lowest BCUT2D eigenvalue weighted by Crippen LogP contribution is -2.01. The number of pyridine rings is 1. The van der Waals surface area contributed by atoms with E-state index in [4.69, 9.17) is 9.47 Å². The topological polar surface area (TPSA) is 43.4 Å². The summed E-state index contributed by atoms with van der Waals surface area (Å²) in [4.78, 5) is 4.36. The molecule has 4 heteroatoms. The fraction of sp³-hybridized carbons (Fsp3) is 0.357. The van der Waals surface area contributed by atoms with Gasteiger partial charge in [0.25, 0.3) is 0 Å². The van der Waals surface area contributed by atoms with Crippen LogP contribution in [0.4, 0.5) is 5.69 Å². The molecule has 0 bridgehead atoms. The average Bonchev–Trinajstić information content (AvgIpc) is 2.43. The van der Waals surface area contributed by atoms with Crippen LogP contribution in [0.5, 0.6) is 11.5 Å². The Morgan fingerprint density at radius 1 is 1.17 bits per heavy atom. The van der Waals surface area contributed by atoms with Gasteiger partial charge >= 0.3 is 0 Å². The molecule has 0 saturated carbocycles. The van der Waals surface area contributed by atoms with Gasteiger partial charge in [-0.25, -0.2) is 0 Å². The Balaban J connectivity index is 2.54. The molecule has 0 fully saturated rings. The number of anilines is 1. The zero-order valence-corrected chi connectivity index (χ0v) is 11.0. The van der Waals surface area contributed by atoms with Gasteiger partial charge in [0.1, 0.15) is 0 Å². The van der Waals surface area contributed by atoms with E-state index in [1.54, 1.807) is 20.4 Å². The molecular formula is C14H18N2O2. The van der Waals surface area contributed by atoms with Crippen LogP contribution in [0.15, 0.2) is 24.4 Å². The fourth-order valence-corrected chi connectivity index (χ4v) is 1.89. The van der Waals surface area contributed by atoms with Gasteiger partial charge in [0.15, 0.2) is 11.5 Å². The molecule has 1 N–H and O–H groups in total. The Bertz CT molecular complexity index is 541.